The van der Waals surface area contributed by atoms with Gasteiger partial charge in [-0.1, -0.05) is 13.8 Å². The van der Waals surface area contributed by atoms with E-state index in [2.05, 4.69) is 20.6 Å². The van der Waals surface area contributed by atoms with Gasteiger partial charge in [-0.25, -0.2) is 9.78 Å². The normalized spacial score (nSPS) is 14.1. The average molecular weight is 397 g/mol. The number of hydrogen-bond donors (Lipinski definition) is 6. The number of carbonyl (C=O) groups is 4. The molecule has 1 rings (SSSR count). The molecule has 0 saturated carbocycles. The minimum absolute atomic E-state index is 0.0105. The van der Waals surface area contributed by atoms with Gasteiger partial charge in [0.1, 0.15) is 12.1 Å². The van der Waals surface area contributed by atoms with Gasteiger partial charge in [-0.2, -0.15) is 0 Å². The van der Waals surface area contributed by atoms with Gasteiger partial charge in [-0.3, -0.25) is 14.4 Å². The minimum atomic E-state index is -1.22. The van der Waals surface area contributed by atoms with E-state index in [1.807, 2.05) is 0 Å². The van der Waals surface area contributed by atoms with Crippen molar-refractivity contribution in [1.82, 2.24) is 20.6 Å². The summed E-state index contributed by atoms with van der Waals surface area (Å²) in [5.74, 6) is -3.77. The van der Waals surface area contributed by atoms with Crippen LogP contribution >= 0.6 is 0 Å². The minimum Gasteiger partial charge on any atom is -0.481 e. The summed E-state index contributed by atoms with van der Waals surface area (Å²) in [6.07, 6.45) is 2.70. The molecule has 1 heterocycles. The van der Waals surface area contributed by atoms with E-state index in [4.69, 9.17) is 10.8 Å². The second kappa shape index (κ2) is 11.0. The van der Waals surface area contributed by atoms with E-state index in [9.17, 15) is 24.3 Å². The van der Waals surface area contributed by atoms with E-state index < -0.39 is 41.9 Å². The smallest absolute Gasteiger partial charge is 0.326 e. The average Bonchev–Trinajstić information content (AvgIpc) is 3.09. The van der Waals surface area contributed by atoms with Crippen LogP contribution in [0.4, 0.5) is 0 Å². The van der Waals surface area contributed by atoms with Gasteiger partial charge in [-0.05, 0) is 18.8 Å². The van der Waals surface area contributed by atoms with E-state index >= 15 is 0 Å². The van der Waals surface area contributed by atoms with Crippen molar-refractivity contribution < 1.29 is 29.4 Å². The zero-order valence-corrected chi connectivity index (χ0v) is 15.8. The lowest BCUT2D eigenvalue weighted by atomic mass is 10.0. The Hall–Kier alpha value is -2.95. The van der Waals surface area contributed by atoms with Gasteiger partial charge in [0.15, 0.2) is 0 Å². The molecule has 11 nitrogen and oxygen atoms in total. The molecule has 7 N–H and O–H groups in total. The Labute approximate surface area is 162 Å². The fourth-order valence-corrected chi connectivity index (χ4v) is 2.51. The molecule has 0 aliphatic heterocycles. The lowest BCUT2D eigenvalue weighted by Crippen LogP contribution is -2.55. The molecule has 0 spiro atoms. The van der Waals surface area contributed by atoms with Crippen LogP contribution in [0.3, 0.4) is 0 Å². The standard InChI is InChI=1S/C17H27N5O6/c1-9(2)5-13(17(27)28)22-16(26)12(3-4-14(23)24)21-15(25)11(18)6-10-7-19-8-20-10/h7-9,11-13H,3-6,18H2,1-2H3,(H,19,20)(H,21,25)(H,22,26)(H,23,24)(H,27,28). The highest BCUT2D eigenvalue weighted by molar-refractivity contribution is 5.92. The molecule has 0 radical (unpaired) electrons. The topological polar surface area (TPSA) is 187 Å². The van der Waals surface area contributed by atoms with Crippen LogP contribution in [-0.4, -0.2) is 62.1 Å². The lowest BCUT2D eigenvalue weighted by Gasteiger charge is -2.23. The molecular formula is C17H27N5O6. The summed E-state index contributed by atoms with van der Waals surface area (Å²) in [4.78, 5) is 53.6. The van der Waals surface area contributed by atoms with Crippen molar-refractivity contribution in [1.29, 1.82) is 0 Å². The fraction of sp³-hybridized carbons (Fsp3) is 0.588. The molecule has 28 heavy (non-hydrogen) atoms. The molecular weight excluding hydrogens is 370 g/mol. The Morgan fingerprint density at radius 1 is 1.14 bits per heavy atom. The van der Waals surface area contributed by atoms with Crippen molar-refractivity contribution in [2.75, 3.05) is 0 Å². The predicted octanol–water partition coefficient (Wildman–Crippen LogP) is -0.755. The summed E-state index contributed by atoms with van der Waals surface area (Å²) in [7, 11) is 0. The van der Waals surface area contributed by atoms with Crippen molar-refractivity contribution in [3.8, 4) is 0 Å². The molecule has 1 aromatic rings. The van der Waals surface area contributed by atoms with Gasteiger partial charge < -0.3 is 31.6 Å². The van der Waals surface area contributed by atoms with E-state index in [1.165, 1.54) is 12.5 Å². The van der Waals surface area contributed by atoms with Gasteiger partial charge in [-0.15, -0.1) is 0 Å². The quantitative estimate of drug-likeness (QED) is 0.265. The molecule has 11 heteroatoms. The molecule has 3 atom stereocenters. The number of hydrogen-bond acceptors (Lipinski definition) is 6. The Balaban J connectivity index is 2.79. The van der Waals surface area contributed by atoms with Gasteiger partial charge in [0.2, 0.25) is 11.8 Å². The number of aliphatic carboxylic acids is 2. The van der Waals surface area contributed by atoms with E-state index in [1.54, 1.807) is 13.8 Å². The maximum atomic E-state index is 12.5. The third kappa shape index (κ3) is 8.16. The third-order valence-electron chi connectivity index (χ3n) is 3.93. The second-order valence-electron chi connectivity index (χ2n) is 6.91. The van der Waals surface area contributed by atoms with E-state index in [0.29, 0.717) is 5.69 Å². The molecule has 0 fully saturated rings. The number of rotatable bonds is 12. The molecule has 3 unspecified atom stereocenters. The molecule has 0 bridgehead atoms. The SMILES string of the molecule is CC(C)CC(NC(=O)C(CCC(=O)O)NC(=O)C(N)Cc1cnc[nH]1)C(=O)O. The number of carboxylic acids is 2. The maximum absolute atomic E-state index is 12.5. The Kier molecular flexibility index (Phi) is 9.09. The van der Waals surface area contributed by atoms with Gasteiger partial charge in [0.25, 0.3) is 0 Å². The molecule has 156 valence electrons. The highest BCUT2D eigenvalue weighted by Gasteiger charge is 2.28. The van der Waals surface area contributed by atoms with Crippen LogP contribution in [0.5, 0.6) is 0 Å². The van der Waals surface area contributed by atoms with E-state index in [0.717, 1.165) is 0 Å². The van der Waals surface area contributed by atoms with Crippen LogP contribution in [0.15, 0.2) is 12.5 Å². The van der Waals surface area contributed by atoms with Crippen LogP contribution < -0.4 is 16.4 Å². The Bertz CT molecular complexity index is 676. The summed E-state index contributed by atoms with van der Waals surface area (Å²) in [5.41, 5.74) is 6.45. The second-order valence-corrected chi connectivity index (χ2v) is 6.91. The van der Waals surface area contributed by atoms with Gasteiger partial charge in [0, 0.05) is 24.7 Å². The Morgan fingerprint density at radius 2 is 1.79 bits per heavy atom. The molecule has 2 amide bonds. The van der Waals surface area contributed by atoms with Crippen molar-refractivity contribution in [3.63, 3.8) is 0 Å². The monoisotopic (exact) mass is 397 g/mol. The molecule has 0 aliphatic rings. The number of amides is 2. The van der Waals surface area contributed by atoms with Crippen molar-refractivity contribution >= 4 is 23.8 Å². The Morgan fingerprint density at radius 3 is 2.29 bits per heavy atom. The number of carbonyl (C=O) groups excluding carboxylic acids is 2. The highest BCUT2D eigenvalue weighted by atomic mass is 16.4. The summed E-state index contributed by atoms with van der Waals surface area (Å²) in [6, 6.07) is -3.35. The lowest BCUT2D eigenvalue weighted by molar-refractivity contribution is -0.143. The van der Waals surface area contributed by atoms with Crippen LogP contribution in [0.1, 0.15) is 38.8 Å². The molecule has 0 saturated heterocycles. The number of nitrogens with two attached hydrogens (primary N) is 1. The van der Waals surface area contributed by atoms with Crippen LogP contribution in [0, 0.1) is 5.92 Å². The number of nitrogens with one attached hydrogen (secondary N) is 3. The first-order chi connectivity index (χ1) is 13.1. The largest absolute Gasteiger partial charge is 0.481 e. The maximum Gasteiger partial charge on any atom is 0.326 e. The van der Waals surface area contributed by atoms with Crippen molar-refractivity contribution in [3.05, 3.63) is 18.2 Å². The zero-order valence-electron chi connectivity index (χ0n) is 15.8. The zero-order chi connectivity index (χ0) is 21.3. The first kappa shape index (κ1) is 23.1. The summed E-state index contributed by atoms with van der Waals surface area (Å²) < 4.78 is 0. The molecule has 1 aromatic heterocycles. The van der Waals surface area contributed by atoms with Crippen LogP contribution in [-0.2, 0) is 25.6 Å². The number of carboxylic acid groups (broad SMARTS) is 2. The van der Waals surface area contributed by atoms with Gasteiger partial charge in [0.05, 0.1) is 12.4 Å². The third-order valence-corrected chi connectivity index (χ3v) is 3.93. The molecule has 0 aromatic carbocycles. The van der Waals surface area contributed by atoms with Gasteiger partial charge >= 0.3 is 11.9 Å². The number of imidazole rings is 1. The molecule has 0 aliphatic carbocycles. The summed E-state index contributed by atoms with van der Waals surface area (Å²) in [6.45, 7) is 3.61. The number of nitrogens with zero attached hydrogens (tertiary/aromatic N) is 1. The van der Waals surface area contributed by atoms with Crippen LogP contribution in [0.25, 0.3) is 0 Å². The first-order valence-corrected chi connectivity index (χ1v) is 8.88. The van der Waals surface area contributed by atoms with Crippen molar-refractivity contribution in [2.24, 2.45) is 11.7 Å². The predicted molar refractivity (Wildman–Crippen MR) is 98.1 cm³/mol. The highest BCUT2D eigenvalue weighted by Crippen LogP contribution is 2.07. The van der Waals surface area contributed by atoms with E-state index in [-0.39, 0.29) is 31.6 Å². The van der Waals surface area contributed by atoms with Crippen LogP contribution in [0.2, 0.25) is 0 Å². The van der Waals surface area contributed by atoms with Crippen molar-refractivity contribution in [2.45, 2.75) is 57.7 Å². The number of H-pyrrole nitrogens is 1. The first-order valence-electron chi connectivity index (χ1n) is 8.88. The number of aromatic amines is 1. The summed E-state index contributed by atoms with van der Waals surface area (Å²) in [5, 5.41) is 22.9. The fourth-order valence-electron chi connectivity index (χ4n) is 2.51. The summed E-state index contributed by atoms with van der Waals surface area (Å²) >= 11 is 0. The number of aromatic nitrogens is 2.